The van der Waals surface area contributed by atoms with Crippen molar-refractivity contribution in [1.29, 1.82) is 0 Å². The van der Waals surface area contributed by atoms with Gasteiger partial charge in [0.2, 0.25) is 5.91 Å². The van der Waals surface area contributed by atoms with E-state index in [-0.39, 0.29) is 12.5 Å². The zero-order valence-electron chi connectivity index (χ0n) is 10.6. The monoisotopic (exact) mass is 260 g/mol. The zero-order valence-corrected chi connectivity index (χ0v) is 10.6. The number of ether oxygens (including phenoxy) is 1. The van der Waals surface area contributed by atoms with Gasteiger partial charge in [0.1, 0.15) is 6.04 Å². The Bertz CT molecular complexity index is 522. The fraction of sp³-hybridized carbons (Fsp3) is 0.231. The van der Waals surface area contributed by atoms with Crippen LogP contribution in [-0.4, -0.2) is 35.4 Å². The second kappa shape index (κ2) is 6.12. The first kappa shape index (κ1) is 13.3. The summed E-state index contributed by atoms with van der Waals surface area (Å²) in [6.07, 6.45) is 3.56. The number of amides is 1. The number of anilines is 1. The summed E-state index contributed by atoms with van der Waals surface area (Å²) in [7, 11) is 1.51. The Morgan fingerprint density at radius 3 is 2.79 bits per heavy atom. The summed E-state index contributed by atoms with van der Waals surface area (Å²) in [4.78, 5) is 11.7. The van der Waals surface area contributed by atoms with Crippen molar-refractivity contribution >= 4 is 11.6 Å². The molecule has 0 aliphatic heterocycles. The van der Waals surface area contributed by atoms with E-state index in [9.17, 15) is 4.79 Å². The van der Waals surface area contributed by atoms with E-state index in [0.717, 1.165) is 5.69 Å². The molecule has 0 aliphatic rings. The predicted molar refractivity (Wildman–Crippen MR) is 72.0 cm³/mol. The molecule has 1 unspecified atom stereocenters. The lowest BCUT2D eigenvalue weighted by molar-refractivity contribution is -0.118. The highest BCUT2D eigenvalue weighted by atomic mass is 16.5. The number of methoxy groups -OCH3 is 1. The van der Waals surface area contributed by atoms with E-state index in [1.807, 2.05) is 24.4 Å². The number of hydrogen-bond donors (Lipinski definition) is 2. The van der Waals surface area contributed by atoms with Gasteiger partial charge in [-0.1, -0.05) is 0 Å². The van der Waals surface area contributed by atoms with Crippen molar-refractivity contribution in [2.24, 2.45) is 5.73 Å². The van der Waals surface area contributed by atoms with Crippen molar-refractivity contribution in [3.8, 4) is 5.69 Å². The molecule has 0 spiro atoms. The average molecular weight is 260 g/mol. The summed E-state index contributed by atoms with van der Waals surface area (Å²) in [6.45, 7) is 0.192. The van der Waals surface area contributed by atoms with Crippen molar-refractivity contribution in [2.45, 2.75) is 6.04 Å². The minimum atomic E-state index is -0.671. The van der Waals surface area contributed by atoms with Crippen LogP contribution >= 0.6 is 0 Å². The molecule has 0 bridgehead atoms. The third kappa shape index (κ3) is 3.40. The first-order chi connectivity index (χ1) is 9.20. The molecule has 6 heteroatoms. The van der Waals surface area contributed by atoms with Gasteiger partial charge >= 0.3 is 0 Å². The van der Waals surface area contributed by atoms with Crippen LogP contribution in [0.1, 0.15) is 0 Å². The molecule has 1 aromatic heterocycles. The fourth-order valence-electron chi connectivity index (χ4n) is 1.61. The Morgan fingerprint density at radius 2 is 2.21 bits per heavy atom. The van der Waals surface area contributed by atoms with E-state index < -0.39 is 6.04 Å². The van der Waals surface area contributed by atoms with Crippen LogP contribution in [-0.2, 0) is 9.53 Å². The molecule has 0 radical (unpaired) electrons. The second-order valence-corrected chi connectivity index (χ2v) is 4.05. The summed E-state index contributed by atoms with van der Waals surface area (Å²) in [5.74, 6) is -0.270. The molecule has 1 atom stereocenters. The Morgan fingerprint density at radius 1 is 1.47 bits per heavy atom. The van der Waals surface area contributed by atoms with E-state index >= 15 is 0 Å². The molecule has 0 aliphatic carbocycles. The van der Waals surface area contributed by atoms with E-state index in [1.165, 1.54) is 7.11 Å². The highest BCUT2D eigenvalue weighted by molar-refractivity contribution is 5.94. The summed E-state index contributed by atoms with van der Waals surface area (Å²) in [5, 5.41) is 6.85. The van der Waals surface area contributed by atoms with E-state index in [0.29, 0.717) is 5.69 Å². The van der Waals surface area contributed by atoms with E-state index in [1.54, 1.807) is 23.0 Å². The number of carbonyl (C=O) groups is 1. The maximum absolute atomic E-state index is 11.7. The van der Waals surface area contributed by atoms with Gasteiger partial charge in [-0.2, -0.15) is 5.10 Å². The average Bonchev–Trinajstić information content (AvgIpc) is 2.94. The third-order valence-corrected chi connectivity index (χ3v) is 2.59. The van der Waals surface area contributed by atoms with Gasteiger partial charge in [-0.05, 0) is 30.3 Å². The van der Waals surface area contributed by atoms with Gasteiger partial charge in [0.25, 0.3) is 0 Å². The third-order valence-electron chi connectivity index (χ3n) is 2.59. The predicted octanol–water partition coefficient (Wildman–Crippen LogP) is 0.784. The molecule has 0 saturated heterocycles. The molecular weight excluding hydrogens is 244 g/mol. The Labute approximate surface area is 111 Å². The van der Waals surface area contributed by atoms with Crippen molar-refractivity contribution in [3.05, 3.63) is 42.7 Å². The van der Waals surface area contributed by atoms with Crippen LogP contribution in [0.5, 0.6) is 0 Å². The quantitative estimate of drug-likeness (QED) is 0.832. The van der Waals surface area contributed by atoms with Crippen LogP contribution in [0.3, 0.4) is 0 Å². The lowest BCUT2D eigenvalue weighted by atomic mass is 10.2. The van der Waals surface area contributed by atoms with Gasteiger partial charge in [-0.3, -0.25) is 4.79 Å². The first-order valence-corrected chi connectivity index (χ1v) is 5.86. The molecule has 2 rings (SSSR count). The largest absolute Gasteiger partial charge is 0.383 e. The van der Waals surface area contributed by atoms with E-state index in [2.05, 4.69) is 10.4 Å². The molecule has 2 aromatic rings. The molecule has 3 N–H and O–H groups in total. The molecule has 1 heterocycles. The lowest BCUT2D eigenvalue weighted by Crippen LogP contribution is -2.39. The number of benzene rings is 1. The summed E-state index contributed by atoms with van der Waals surface area (Å²) < 4.78 is 6.57. The Kier molecular flexibility index (Phi) is 4.27. The minimum Gasteiger partial charge on any atom is -0.383 e. The van der Waals surface area contributed by atoms with Crippen LogP contribution in [0, 0.1) is 0 Å². The van der Waals surface area contributed by atoms with Crippen molar-refractivity contribution in [1.82, 2.24) is 9.78 Å². The molecule has 1 aromatic carbocycles. The number of carbonyl (C=O) groups excluding carboxylic acids is 1. The van der Waals surface area contributed by atoms with Gasteiger partial charge in [0.15, 0.2) is 0 Å². The molecule has 6 nitrogen and oxygen atoms in total. The second-order valence-electron chi connectivity index (χ2n) is 4.05. The number of rotatable bonds is 5. The Hall–Kier alpha value is -2.18. The zero-order chi connectivity index (χ0) is 13.7. The molecular formula is C13H16N4O2. The van der Waals surface area contributed by atoms with Crippen LogP contribution in [0.2, 0.25) is 0 Å². The summed E-state index contributed by atoms with van der Waals surface area (Å²) >= 11 is 0. The number of nitrogens with zero attached hydrogens (tertiary/aromatic N) is 2. The molecule has 1 amide bonds. The van der Waals surface area contributed by atoms with Crippen LogP contribution in [0.15, 0.2) is 42.7 Å². The van der Waals surface area contributed by atoms with Gasteiger partial charge in [-0.25, -0.2) is 4.68 Å². The van der Waals surface area contributed by atoms with Crippen LogP contribution in [0.4, 0.5) is 5.69 Å². The number of nitrogens with two attached hydrogens (primary N) is 1. The summed E-state index contributed by atoms with van der Waals surface area (Å²) in [5.41, 5.74) is 7.24. The fourth-order valence-corrected chi connectivity index (χ4v) is 1.61. The number of aromatic nitrogens is 2. The maximum atomic E-state index is 11.7. The topological polar surface area (TPSA) is 82.2 Å². The maximum Gasteiger partial charge on any atom is 0.243 e. The van der Waals surface area contributed by atoms with Gasteiger partial charge in [-0.15, -0.1) is 0 Å². The minimum absolute atomic E-state index is 0.192. The van der Waals surface area contributed by atoms with Gasteiger partial charge < -0.3 is 15.8 Å². The van der Waals surface area contributed by atoms with Crippen LogP contribution < -0.4 is 11.1 Å². The standard InChI is InChI=1S/C13H16N4O2/c1-19-9-12(14)13(18)16-10-3-5-11(6-4-10)17-8-2-7-15-17/h2-8,12H,9,14H2,1H3,(H,16,18). The molecule has 100 valence electrons. The SMILES string of the molecule is COCC(N)C(=O)Nc1ccc(-n2cccn2)cc1. The molecule has 19 heavy (non-hydrogen) atoms. The molecule has 0 fully saturated rings. The van der Waals surface area contributed by atoms with Crippen molar-refractivity contribution in [3.63, 3.8) is 0 Å². The normalized spacial score (nSPS) is 12.1. The van der Waals surface area contributed by atoms with Crippen LogP contribution in [0.25, 0.3) is 5.69 Å². The smallest absolute Gasteiger partial charge is 0.243 e. The highest BCUT2D eigenvalue weighted by Gasteiger charge is 2.12. The van der Waals surface area contributed by atoms with Crippen molar-refractivity contribution < 1.29 is 9.53 Å². The summed E-state index contributed by atoms with van der Waals surface area (Å²) in [6, 6.07) is 8.51. The van der Waals surface area contributed by atoms with Gasteiger partial charge in [0, 0.05) is 25.2 Å². The Balaban J connectivity index is 2.01. The van der Waals surface area contributed by atoms with E-state index in [4.69, 9.17) is 10.5 Å². The number of nitrogens with one attached hydrogen (secondary N) is 1. The number of hydrogen-bond acceptors (Lipinski definition) is 4. The van der Waals surface area contributed by atoms with Crippen molar-refractivity contribution in [2.75, 3.05) is 19.0 Å². The first-order valence-electron chi connectivity index (χ1n) is 5.86. The lowest BCUT2D eigenvalue weighted by Gasteiger charge is -2.11. The molecule has 0 saturated carbocycles. The highest BCUT2D eigenvalue weighted by Crippen LogP contribution is 2.12. The van der Waals surface area contributed by atoms with Gasteiger partial charge in [0.05, 0.1) is 12.3 Å².